The second-order valence-corrected chi connectivity index (χ2v) is 7.01. The molecule has 1 aliphatic rings. The molecule has 1 aliphatic heterocycles. The number of ether oxygens (including phenoxy) is 1. The minimum absolute atomic E-state index is 0.00969. The van der Waals surface area contributed by atoms with Crippen molar-refractivity contribution in [2.24, 2.45) is 0 Å². The van der Waals surface area contributed by atoms with Gasteiger partial charge in [-0.3, -0.25) is 0 Å². The van der Waals surface area contributed by atoms with E-state index in [2.05, 4.69) is 16.4 Å². The first-order valence-electron chi connectivity index (χ1n) is 8.44. The maximum Gasteiger partial charge on any atom is 0.317 e. The van der Waals surface area contributed by atoms with E-state index in [1.54, 1.807) is 23.9 Å². The number of nitrogens with one attached hydrogen (secondary N) is 1. The smallest absolute Gasteiger partial charge is 0.317 e. The fourth-order valence-electron chi connectivity index (χ4n) is 2.83. The van der Waals surface area contributed by atoms with Crippen LogP contribution in [0.2, 0.25) is 0 Å². The number of carbonyl (C=O) groups is 1. The summed E-state index contributed by atoms with van der Waals surface area (Å²) in [7, 11) is 0. The van der Waals surface area contributed by atoms with Gasteiger partial charge in [0.15, 0.2) is 0 Å². The first-order chi connectivity index (χ1) is 11.8. The van der Waals surface area contributed by atoms with Gasteiger partial charge in [0.25, 0.3) is 0 Å². The number of urea groups is 1. The molecule has 1 fully saturated rings. The van der Waals surface area contributed by atoms with Crippen molar-refractivity contribution in [2.75, 3.05) is 19.7 Å². The van der Waals surface area contributed by atoms with Crippen molar-refractivity contribution in [3.05, 3.63) is 41.1 Å². The number of rotatable bonds is 8. The van der Waals surface area contributed by atoms with E-state index in [0.29, 0.717) is 19.6 Å². The number of nitrogens with zero attached hydrogens (tertiary/aromatic N) is 3. The van der Waals surface area contributed by atoms with Gasteiger partial charge in [0.05, 0.1) is 19.0 Å². The molecule has 0 spiro atoms. The number of hydrogen-bond donors (Lipinski definition) is 1. The van der Waals surface area contributed by atoms with Crippen molar-refractivity contribution < 1.29 is 9.53 Å². The molecule has 1 unspecified atom stereocenters. The minimum Gasteiger partial charge on any atom is -0.376 e. The molecule has 0 aliphatic carbocycles. The van der Waals surface area contributed by atoms with Crippen molar-refractivity contribution in [3.63, 3.8) is 0 Å². The maximum atomic E-state index is 12.6. The molecule has 2 aromatic rings. The van der Waals surface area contributed by atoms with Crippen LogP contribution in [0.15, 0.2) is 36.2 Å². The van der Waals surface area contributed by atoms with E-state index in [-0.39, 0.29) is 12.1 Å². The van der Waals surface area contributed by atoms with Gasteiger partial charge in [0.2, 0.25) is 0 Å². The highest BCUT2D eigenvalue weighted by Crippen LogP contribution is 2.17. The lowest BCUT2D eigenvalue weighted by Gasteiger charge is -2.25. The van der Waals surface area contributed by atoms with Gasteiger partial charge in [0, 0.05) is 43.5 Å². The molecular weight excluding hydrogens is 324 g/mol. The van der Waals surface area contributed by atoms with Gasteiger partial charge in [-0.05, 0) is 30.7 Å². The molecule has 24 heavy (non-hydrogen) atoms. The third-order valence-electron chi connectivity index (χ3n) is 4.09. The molecule has 130 valence electrons. The number of aromatic nitrogens is 2. The third-order valence-corrected chi connectivity index (χ3v) is 4.95. The molecule has 1 saturated heterocycles. The molecule has 2 aromatic heterocycles. The molecule has 7 heteroatoms. The summed E-state index contributed by atoms with van der Waals surface area (Å²) in [5.41, 5.74) is 0. The number of hydrogen-bond acceptors (Lipinski definition) is 4. The van der Waals surface area contributed by atoms with E-state index < -0.39 is 0 Å². The summed E-state index contributed by atoms with van der Waals surface area (Å²) < 4.78 is 7.71. The van der Waals surface area contributed by atoms with Crippen LogP contribution in [-0.2, 0) is 17.8 Å². The zero-order valence-corrected chi connectivity index (χ0v) is 14.6. The molecule has 2 amide bonds. The molecule has 1 N–H and O–H groups in total. The third kappa shape index (κ3) is 5.07. The van der Waals surface area contributed by atoms with E-state index in [4.69, 9.17) is 4.74 Å². The summed E-state index contributed by atoms with van der Waals surface area (Å²) in [6, 6.07) is 4.08. The predicted molar refractivity (Wildman–Crippen MR) is 93.9 cm³/mol. The standard InChI is InChI=1S/C17H24N4O2S/c22-17(19-6-3-8-20-9-7-18-14-20)21(12-15-4-1-10-23-15)13-16-5-2-11-24-16/h2,5,7,9,11,14-15H,1,3-4,6,8,10,12-13H2,(H,19,22). The summed E-state index contributed by atoms with van der Waals surface area (Å²) in [6.07, 6.45) is 8.67. The topological polar surface area (TPSA) is 59.4 Å². The van der Waals surface area contributed by atoms with Gasteiger partial charge in [0.1, 0.15) is 0 Å². The van der Waals surface area contributed by atoms with Crippen LogP contribution in [0.4, 0.5) is 4.79 Å². The Morgan fingerprint density at radius 3 is 3.21 bits per heavy atom. The number of aryl methyl sites for hydroxylation is 1. The average molecular weight is 348 g/mol. The highest BCUT2D eigenvalue weighted by Gasteiger charge is 2.22. The van der Waals surface area contributed by atoms with Gasteiger partial charge >= 0.3 is 6.03 Å². The fraction of sp³-hybridized carbons (Fsp3) is 0.529. The highest BCUT2D eigenvalue weighted by molar-refractivity contribution is 7.09. The second kappa shape index (κ2) is 8.84. The molecule has 3 heterocycles. The summed E-state index contributed by atoms with van der Waals surface area (Å²) in [5, 5.41) is 5.08. The number of carbonyl (C=O) groups excluding carboxylic acids is 1. The Kier molecular flexibility index (Phi) is 6.26. The van der Waals surface area contributed by atoms with Gasteiger partial charge in [-0.2, -0.15) is 0 Å². The highest BCUT2D eigenvalue weighted by atomic mass is 32.1. The van der Waals surface area contributed by atoms with Gasteiger partial charge in [-0.15, -0.1) is 11.3 Å². The van der Waals surface area contributed by atoms with E-state index in [0.717, 1.165) is 32.4 Å². The summed E-state index contributed by atoms with van der Waals surface area (Å²) in [4.78, 5) is 19.7. The Labute approximate surface area is 146 Å². The molecular formula is C17H24N4O2S. The van der Waals surface area contributed by atoms with Crippen LogP contribution >= 0.6 is 11.3 Å². The lowest BCUT2D eigenvalue weighted by Crippen LogP contribution is -2.43. The number of amides is 2. The predicted octanol–water partition coefficient (Wildman–Crippen LogP) is 2.73. The number of thiophene rings is 1. The zero-order valence-electron chi connectivity index (χ0n) is 13.8. The van der Waals surface area contributed by atoms with Crippen molar-refractivity contribution in [2.45, 2.75) is 38.5 Å². The Hall–Kier alpha value is -1.86. The van der Waals surface area contributed by atoms with E-state index in [1.165, 1.54) is 4.88 Å². The quantitative estimate of drug-likeness (QED) is 0.746. The van der Waals surface area contributed by atoms with Crippen molar-refractivity contribution in [1.29, 1.82) is 0 Å². The van der Waals surface area contributed by atoms with Crippen molar-refractivity contribution >= 4 is 17.4 Å². The van der Waals surface area contributed by atoms with Crippen LogP contribution in [0.1, 0.15) is 24.1 Å². The summed E-state index contributed by atoms with van der Waals surface area (Å²) in [5.74, 6) is 0. The van der Waals surface area contributed by atoms with Crippen LogP contribution in [0.25, 0.3) is 0 Å². The van der Waals surface area contributed by atoms with Crippen LogP contribution in [0.5, 0.6) is 0 Å². The normalized spacial score (nSPS) is 17.1. The lowest BCUT2D eigenvalue weighted by molar-refractivity contribution is 0.0797. The van der Waals surface area contributed by atoms with Gasteiger partial charge in [-0.1, -0.05) is 6.07 Å². The Bertz CT molecular complexity index is 594. The van der Waals surface area contributed by atoms with E-state index in [1.807, 2.05) is 27.1 Å². The molecule has 6 nitrogen and oxygen atoms in total. The summed E-state index contributed by atoms with van der Waals surface area (Å²) in [6.45, 7) is 3.63. The maximum absolute atomic E-state index is 12.6. The minimum atomic E-state index is -0.00969. The molecule has 3 rings (SSSR count). The van der Waals surface area contributed by atoms with Gasteiger partial charge in [-0.25, -0.2) is 9.78 Å². The van der Waals surface area contributed by atoms with E-state index in [9.17, 15) is 4.79 Å². The van der Waals surface area contributed by atoms with Crippen molar-refractivity contribution in [3.8, 4) is 0 Å². The SMILES string of the molecule is O=C(NCCCn1ccnc1)N(Cc1cccs1)CC1CCCO1. The van der Waals surface area contributed by atoms with E-state index >= 15 is 0 Å². The summed E-state index contributed by atoms with van der Waals surface area (Å²) >= 11 is 1.68. The van der Waals surface area contributed by atoms with Crippen LogP contribution in [0.3, 0.4) is 0 Å². The molecule has 0 bridgehead atoms. The second-order valence-electron chi connectivity index (χ2n) is 5.98. The first-order valence-corrected chi connectivity index (χ1v) is 9.32. The molecule has 0 aromatic carbocycles. The van der Waals surface area contributed by atoms with Crippen LogP contribution in [-0.4, -0.2) is 46.3 Å². The van der Waals surface area contributed by atoms with Crippen molar-refractivity contribution in [1.82, 2.24) is 19.8 Å². The molecule has 1 atom stereocenters. The van der Waals surface area contributed by atoms with Gasteiger partial charge < -0.3 is 19.5 Å². The Morgan fingerprint density at radius 2 is 2.50 bits per heavy atom. The lowest BCUT2D eigenvalue weighted by atomic mass is 10.2. The largest absolute Gasteiger partial charge is 0.376 e. The fourth-order valence-corrected chi connectivity index (χ4v) is 3.55. The van der Waals surface area contributed by atoms with Crippen LogP contribution < -0.4 is 5.32 Å². The molecule has 0 radical (unpaired) electrons. The molecule has 0 saturated carbocycles. The Morgan fingerprint density at radius 1 is 1.54 bits per heavy atom. The first kappa shape index (κ1) is 17.0. The monoisotopic (exact) mass is 348 g/mol. The number of imidazole rings is 1. The van der Waals surface area contributed by atoms with Crippen LogP contribution in [0, 0.1) is 0 Å². The Balaban J connectivity index is 1.47. The zero-order chi connectivity index (χ0) is 16.6. The average Bonchev–Trinajstić information content (AvgIpc) is 3.33.